The van der Waals surface area contributed by atoms with Crippen molar-refractivity contribution in [3.05, 3.63) is 64.5 Å². The van der Waals surface area contributed by atoms with Gasteiger partial charge in [0.15, 0.2) is 11.6 Å². The highest BCUT2D eigenvalue weighted by Crippen LogP contribution is 2.26. The minimum atomic E-state index is -0.495. The van der Waals surface area contributed by atoms with Crippen LogP contribution in [0.2, 0.25) is 0 Å². The molecular weight excluding hydrogens is 284 g/mol. The minimum absolute atomic E-state index is 0.000111. The second kappa shape index (κ2) is 5.65. The van der Waals surface area contributed by atoms with Crippen LogP contribution >= 0.6 is 0 Å². The number of rotatable bonds is 4. The molecule has 3 rings (SSSR count). The molecule has 0 atom stereocenters. The number of aromatic nitrogens is 2. The number of nitrogens with zero attached hydrogens (tertiary/aromatic N) is 3. The van der Waals surface area contributed by atoms with Gasteiger partial charge in [-0.25, -0.2) is 9.97 Å². The predicted molar refractivity (Wildman–Crippen MR) is 81.4 cm³/mol. The smallest absolute Gasteiger partial charge is 0.310 e. The average Bonchev–Trinajstić information content (AvgIpc) is 2.53. The molecule has 0 aliphatic heterocycles. The van der Waals surface area contributed by atoms with Crippen molar-refractivity contribution in [1.29, 1.82) is 0 Å². The van der Waals surface area contributed by atoms with E-state index < -0.39 is 4.92 Å². The molecule has 0 radical (unpaired) electrons. The van der Waals surface area contributed by atoms with Crippen LogP contribution in [-0.4, -0.2) is 14.9 Å². The van der Waals surface area contributed by atoms with E-state index in [-0.39, 0.29) is 18.0 Å². The monoisotopic (exact) mass is 296 g/mol. The summed E-state index contributed by atoms with van der Waals surface area (Å²) in [6.07, 6.45) is 0. The molecule has 0 unspecified atom stereocenters. The van der Waals surface area contributed by atoms with Gasteiger partial charge < -0.3 is 10.5 Å². The van der Waals surface area contributed by atoms with E-state index >= 15 is 0 Å². The van der Waals surface area contributed by atoms with Crippen molar-refractivity contribution >= 4 is 22.4 Å². The maximum Gasteiger partial charge on any atom is 0.310 e. The lowest BCUT2D eigenvalue weighted by Crippen LogP contribution is -2.05. The van der Waals surface area contributed by atoms with Crippen LogP contribution in [0.25, 0.3) is 10.9 Å². The first kappa shape index (κ1) is 13.7. The van der Waals surface area contributed by atoms with Gasteiger partial charge in [0.05, 0.1) is 10.4 Å². The molecular formula is C15H12N4O3. The van der Waals surface area contributed by atoms with Crippen LogP contribution in [0.1, 0.15) is 5.82 Å². The van der Waals surface area contributed by atoms with Crippen molar-refractivity contribution in [3.63, 3.8) is 0 Å². The van der Waals surface area contributed by atoms with Crippen molar-refractivity contribution in [2.24, 2.45) is 0 Å². The van der Waals surface area contributed by atoms with E-state index in [1.54, 1.807) is 12.1 Å². The Bertz CT molecular complexity index is 851. The molecule has 0 saturated heterocycles. The zero-order chi connectivity index (χ0) is 15.5. The third kappa shape index (κ3) is 2.64. The first-order valence-corrected chi connectivity index (χ1v) is 6.52. The minimum Gasteiger partial charge on any atom is -0.479 e. The van der Waals surface area contributed by atoms with E-state index in [4.69, 9.17) is 10.5 Å². The van der Waals surface area contributed by atoms with E-state index in [9.17, 15) is 10.1 Å². The molecule has 2 N–H and O–H groups in total. The number of anilines is 1. The number of nitro groups is 1. The number of benzene rings is 2. The SMILES string of the molecule is Nc1nc(COc2ccccc2[N+](=O)[O-])nc2ccccc12. The molecule has 0 saturated carbocycles. The van der Waals surface area contributed by atoms with Gasteiger partial charge in [0.1, 0.15) is 12.4 Å². The normalized spacial score (nSPS) is 10.5. The largest absolute Gasteiger partial charge is 0.479 e. The average molecular weight is 296 g/mol. The van der Waals surface area contributed by atoms with Crippen LogP contribution in [0.5, 0.6) is 5.75 Å². The Labute approximate surface area is 125 Å². The standard InChI is InChI=1S/C15H12N4O3/c16-15-10-5-1-2-6-11(10)17-14(18-15)9-22-13-8-4-3-7-12(13)19(20)21/h1-8H,9H2,(H2,16,17,18). The maximum absolute atomic E-state index is 10.9. The van der Waals surface area contributed by atoms with Crippen LogP contribution in [0.4, 0.5) is 11.5 Å². The summed E-state index contributed by atoms with van der Waals surface area (Å²) >= 11 is 0. The zero-order valence-corrected chi connectivity index (χ0v) is 11.5. The lowest BCUT2D eigenvalue weighted by molar-refractivity contribution is -0.385. The van der Waals surface area contributed by atoms with Gasteiger partial charge in [-0.2, -0.15) is 0 Å². The molecule has 22 heavy (non-hydrogen) atoms. The molecule has 1 aromatic heterocycles. The molecule has 2 aromatic carbocycles. The Morgan fingerprint density at radius 2 is 1.82 bits per heavy atom. The highest BCUT2D eigenvalue weighted by atomic mass is 16.6. The third-order valence-corrected chi connectivity index (χ3v) is 3.10. The van der Waals surface area contributed by atoms with Gasteiger partial charge in [0, 0.05) is 11.5 Å². The number of nitrogens with two attached hydrogens (primary N) is 1. The van der Waals surface area contributed by atoms with Crippen molar-refractivity contribution in [2.75, 3.05) is 5.73 Å². The lowest BCUT2D eigenvalue weighted by atomic mass is 10.2. The highest BCUT2D eigenvalue weighted by Gasteiger charge is 2.14. The molecule has 7 nitrogen and oxygen atoms in total. The summed E-state index contributed by atoms with van der Waals surface area (Å²) in [6, 6.07) is 13.5. The van der Waals surface area contributed by atoms with E-state index in [0.717, 1.165) is 5.39 Å². The summed E-state index contributed by atoms with van der Waals surface area (Å²) in [5.74, 6) is 0.893. The van der Waals surface area contributed by atoms with Crippen LogP contribution in [0, 0.1) is 10.1 Å². The number of hydrogen-bond donors (Lipinski definition) is 1. The van der Waals surface area contributed by atoms with Gasteiger partial charge in [0.25, 0.3) is 0 Å². The second-order valence-corrected chi connectivity index (χ2v) is 4.56. The fourth-order valence-electron chi connectivity index (χ4n) is 2.09. The van der Waals surface area contributed by atoms with Crippen LogP contribution < -0.4 is 10.5 Å². The highest BCUT2D eigenvalue weighted by molar-refractivity contribution is 5.87. The predicted octanol–water partition coefficient (Wildman–Crippen LogP) is 2.70. The Morgan fingerprint density at radius 3 is 2.64 bits per heavy atom. The topological polar surface area (TPSA) is 104 Å². The summed E-state index contributed by atoms with van der Waals surface area (Å²) in [4.78, 5) is 18.9. The van der Waals surface area contributed by atoms with Crippen molar-refractivity contribution in [2.45, 2.75) is 6.61 Å². The molecule has 0 bridgehead atoms. The first-order chi connectivity index (χ1) is 10.6. The zero-order valence-electron chi connectivity index (χ0n) is 11.5. The molecule has 3 aromatic rings. The van der Waals surface area contributed by atoms with Gasteiger partial charge >= 0.3 is 5.69 Å². The fraction of sp³-hybridized carbons (Fsp3) is 0.0667. The Hall–Kier alpha value is -3.22. The first-order valence-electron chi connectivity index (χ1n) is 6.52. The number of hydrogen-bond acceptors (Lipinski definition) is 6. The number of ether oxygens (including phenoxy) is 1. The summed E-state index contributed by atoms with van der Waals surface area (Å²) < 4.78 is 5.47. The molecule has 0 spiro atoms. The quantitative estimate of drug-likeness (QED) is 0.586. The summed E-state index contributed by atoms with van der Waals surface area (Å²) in [5, 5.41) is 11.7. The van der Waals surface area contributed by atoms with Crippen molar-refractivity contribution in [1.82, 2.24) is 9.97 Å². The third-order valence-electron chi connectivity index (χ3n) is 3.10. The second-order valence-electron chi connectivity index (χ2n) is 4.56. The van der Waals surface area contributed by atoms with Crippen LogP contribution in [0.15, 0.2) is 48.5 Å². The van der Waals surface area contributed by atoms with Crippen LogP contribution in [-0.2, 0) is 6.61 Å². The summed E-state index contributed by atoms with van der Waals surface area (Å²) in [7, 11) is 0. The van der Waals surface area contributed by atoms with E-state index in [2.05, 4.69) is 9.97 Å². The number of para-hydroxylation sites is 3. The molecule has 0 aliphatic carbocycles. The van der Waals surface area contributed by atoms with Crippen molar-refractivity contribution < 1.29 is 9.66 Å². The molecule has 1 heterocycles. The van der Waals surface area contributed by atoms with Gasteiger partial charge in [-0.3, -0.25) is 10.1 Å². The number of nitro benzene ring substituents is 1. The Balaban J connectivity index is 1.87. The molecule has 0 aliphatic rings. The Kier molecular flexibility index (Phi) is 3.53. The fourth-order valence-corrected chi connectivity index (χ4v) is 2.09. The van der Waals surface area contributed by atoms with Gasteiger partial charge in [0.2, 0.25) is 0 Å². The number of fused-ring (bicyclic) bond motifs is 1. The van der Waals surface area contributed by atoms with Crippen molar-refractivity contribution in [3.8, 4) is 5.75 Å². The van der Waals surface area contributed by atoms with Gasteiger partial charge in [-0.1, -0.05) is 24.3 Å². The summed E-state index contributed by atoms with van der Waals surface area (Å²) in [6.45, 7) is -0.000111. The molecule has 110 valence electrons. The van der Waals surface area contributed by atoms with E-state index in [1.807, 2.05) is 24.3 Å². The Morgan fingerprint density at radius 1 is 1.09 bits per heavy atom. The lowest BCUT2D eigenvalue weighted by Gasteiger charge is -2.07. The van der Waals surface area contributed by atoms with E-state index in [1.165, 1.54) is 12.1 Å². The van der Waals surface area contributed by atoms with Crippen LogP contribution in [0.3, 0.4) is 0 Å². The summed E-state index contributed by atoms with van der Waals surface area (Å²) in [5.41, 5.74) is 6.49. The molecule has 0 fully saturated rings. The molecule has 7 heteroatoms. The maximum atomic E-state index is 10.9. The van der Waals surface area contributed by atoms with Gasteiger partial charge in [-0.15, -0.1) is 0 Å². The molecule has 0 amide bonds. The number of nitrogen functional groups attached to an aromatic ring is 1. The van der Waals surface area contributed by atoms with E-state index in [0.29, 0.717) is 17.2 Å². The van der Waals surface area contributed by atoms with Gasteiger partial charge in [-0.05, 0) is 18.2 Å².